The van der Waals surface area contributed by atoms with Crippen molar-refractivity contribution in [2.45, 2.75) is 0 Å². The minimum Gasteiger partial charge on any atom is -0.480 e. The Morgan fingerprint density at radius 1 is 1.57 bits per heavy atom. The molecule has 2 heterocycles. The zero-order valence-corrected chi connectivity index (χ0v) is 7.85. The van der Waals surface area contributed by atoms with Crippen LogP contribution >= 0.6 is 0 Å². The average Bonchev–Trinajstić information content (AvgIpc) is 2.58. The number of pyridine rings is 1. The molecule has 0 N–H and O–H groups in total. The van der Waals surface area contributed by atoms with Gasteiger partial charge < -0.3 is 4.74 Å². The number of aromatic nitrogens is 3. The van der Waals surface area contributed by atoms with E-state index in [4.69, 9.17) is 10.00 Å². The maximum atomic E-state index is 8.82. The molecule has 5 heteroatoms. The van der Waals surface area contributed by atoms with Gasteiger partial charge in [-0.1, -0.05) is 0 Å². The molecule has 0 bridgehead atoms. The molecule has 0 aliphatic heterocycles. The van der Waals surface area contributed by atoms with Crippen molar-refractivity contribution in [2.24, 2.45) is 7.05 Å². The van der Waals surface area contributed by atoms with Gasteiger partial charge in [0.1, 0.15) is 11.6 Å². The van der Waals surface area contributed by atoms with Gasteiger partial charge in [0.2, 0.25) is 5.88 Å². The quantitative estimate of drug-likeness (QED) is 0.665. The van der Waals surface area contributed by atoms with Crippen LogP contribution in [-0.2, 0) is 7.05 Å². The van der Waals surface area contributed by atoms with Crippen molar-refractivity contribution in [2.75, 3.05) is 7.11 Å². The Balaban J connectivity index is 2.79. The summed E-state index contributed by atoms with van der Waals surface area (Å²) in [4.78, 5) is 4.18. The van der Waals surface area contributed by atoms with Gasteiger partial charge in [-0.05, 0) is 6.07 Å². The number of methoxy groups -OCH3 is 1. The van der Waals surface area contributed by atoms with Crippen LogP contribution in [0, 0.1) is 11.3 Å². The van der Waals surface area contributed by atoms with E-state index in [1.54, 1.807) is 24.0 Å². The Hall–Kier alpha value is -2.09. The van der Waals surface area contributed by atoms with Crippen molar-refractivity contribution in [3.8, 4) is 11.9 Å². The summed E-state index contributed by atoms with van der Waals surface area (Å²) in [6.07, 6.45) is 1.67. The van der Waals surface area contributed by atoms with E-state index in [1.807, 2.05) is 6.07 Å². The molecule has 0 saturated heterocycles. The molecular weight excluding hydrogens is 180 g/mol. The average molecular weight is 188 g/mol. The van der Waals surface area contributed by atoms with E-state index in [-0.39, 0.29) is 0 Å². The minimum absolute atomic E-state index is 0.337. The summed E-state index contributed by atoms with van der Waals surface area (Å²) >= 11 is 0. The monoisotopic (exact) mass is 188 g/mol. The smallest absolute Gasteiger partial charge is 0.233 e. The molecule has 5 nitrogen and oxygen atoms in total. The molecule has 0 atom stereocenters. The maximum Gasteiger partial charge on any atom is 0.233 e. The van der Waals surface area contributed by atoms with E-state index in [9.17, 15) is 0 Å². The maximum absolute atomic E-state index is 8.82. The Morgan fingerprint density at radius 2 is 2.36 bits per heavy atom. The van der Waals surface area contributed by atoms with Gasteiger partial charge in [-0.25, -0.2) is 0 Å². The predicted octanol–water partition coefficient (Wildman–Crippen LogP) is 0.849. The van der Waals surface area contributed by atoms with E-state index in [0.29, 0.717) is 17.1 Å². The molecule has 0 radical (unpaired) electrons. The highest BCUT2D eigenvalue weighted by Crippen LogP contribution is 2.20. The van der Waals surface area contributed by atoms with E-state index < -0.39 is 0 Å². The third kappa shape index (κ3) is 1.09. The lowest BCUT2D eigenvalue weighted by Crippen LogP contribution is -1.96. The number of fused-ring (bicyclic) bond motifs is 1. The normalized spacial score (nSPS) is 10.1. The molecule has 0 saturated carbocycles. The van der Waals surface area contributed by atoms with Gasteiger partial charge in [0.05, 0.1) is 13.3 Å². The van der Waals surface area contributed by atoms with Gasteiger partial charge >= 0.3 is 0 Å². The summed E-state index contributed by atoms with van der Waals surface area (Å²) in [5.41, 5.74) is 1.13. The molecule has 2 aromatic heterocycles. The topological polar surface area (TPSA) is 63.7 Å². The summed E-state index contributed by atoms with van der Waals surface area (Å²) in [6.45, 7) is 0. The Kier molecular flexibility index (Phi) is 1.82. The highest BCUT2D eigenvalue weighted by atomic mass is 16.5. The Morgan fingerprint density at radius 3 is 3.00 bits per heavy atom. The second-order valence-corrected chi connectivity index (χ2v) is 2.84. The molecule has 2 rings (SSSR count). The highest BCUT2D eigenvalue weighted by Gasteiger charge is 2.09. The van der Waals surface area contributed by atoms with E-state index >= 15 is 0 Å². The second kappa shape index (κ2) is 3.00. The van der Waals surface area contributed by atoms with Crippen LogP contribution in [0.4, 0.5) is 0 Å². The van der Waals surface area contributed by atoms with Crippen LogP contribution in [0.1, 0.15) is 5.56 Å². The molecular formula is C9H8N4O. The number of rotatable bonds is 1. The van der Waals surface area contributed by atoms with E-state index in [0.717, 1.165) is 5.39 Å². The first-order valence-corrected chi connectivity index (χ1v) is 4.03. The summed E-state index contributed by atoms with van der Waals surface area (Å²) < 4.78 is 6.63. The van der Waals surface area contributed by atoms with Crippen molar-refractivity contribution < 1.29 is 4.74 Å². The first-order valence-electron chi connectivity index (χ1n) is 4.03. The third-order valence-electron chi connectivity index (χ3n) is 1.99. The highest BCUT2D eigenvalue weighted by molar-refractivity contribution is 5.77. The molecule has 0 unspecified atom stereocenters. The number of hydrogen-bond donors (Lipinski definition) is 0. The van der Waals surface area contributed by atoms with Crippen LogP contribution in [0.3, 0.4) is 0 Å². The molecule has 2 aromatic rings. The van der Waals surface area contributed by atoms with Crippen molar-refractivity contribution in [3.63, 3.8) is 0 Å². The van der Waals surface area contributed by atoms with Crippen molar-refractivity contribution in [3.05, 3.63) is 17.8 Å². The molecule has 0 fully saturated rings. The van der Waals surface area contributed by atoms with Crippen LogP contribution in [-0.4, -0.2) is 21.9 Å². The minimum atomic E-state index is 0.337. The fourth-order valence-electron chi connectivity index (χ4n) is 1.30. The van der Waals surface area contributed by atoms with Crippen molar-refractivity contribution in [1.82, 2.24) is 14.8 Å². The fraction of sp³-hybridized carbons (Fsp3) is 0.222. The van der Waals surface area contributed by atoms with Gasteiger partial charge in [-0.2, -0.15) is 15.3 Å². The summed E-state index contributed by atoms with van der Waals surface area (Å²) in [6, 6.07) is 3.74. The van der Waals surface area contributed by atoms with Crippen molar-refractivity contribution >= 4 is 11.0 Å². The van der Waals surface area contributed by atoms with Gasteiger partial charge in [-0.3, -0.25) is 4.68 Å². The van der Waals surface area contributed by atoms with Gasteiger partial charge in [0, 0.05) is 12.4 Å². The lowest BCUT2D eigenvalue weighted by atomic mass is 10.2. The summed E-state index contributed by atoms with van der Waals surface area (Å²) in [7, 11) is 3.28. The van der Waals surface area contributed by atoms with Gasteiger partial charge in [0.15, 0.2) is 5.65 Å². The van der Waals surface area contributed by atoms with E-state index in [1.165, 1.54) is 7.11 Å². The first kappa shape index (κ1) is 8.51. The number of nitriles is 1. The van der Waals surface area contributed by atoms with Crippen LogP contribution in [0.15, 0.2) is 12.3 Å². The molecule has 0 amide bonds. The number of aryl methyl sites for hydroxylation is 1. The Bertz CT molecular complexity index is 523. The van der Waals surface area contributed by atoms with E-state index in [2.05, 4.69) is 10.1 Å². The zero-order chi connectivity index (χ0) is 10.1. The SMILES string of the molecule is COc1nc2c(cnn2C)cc1C#N. The largest absolute Gasteiger partial charge is 0.480 e. The standard InChI is InChI=1S/C9H8N4O/c1-13-8-7(5-11-13)3-6(4-10)9(12-8)14-2/h3,5H,1-2H3. The van der Waals surface area contributed by atoms with Gasteiger partial charge in [0.25, 0.3) is 0 Å². The summed E-state index contributed by atoms with van der Waals surface area (Å²) in [5.74, 6) is 0.337. The molecule has 0 aromatic carbocycles. The van der Waals surface area contributed by atoms with Crippen LogP contribution in [0.5, 0.6) is 5.88 Å². The van der Waals surface area contributed by atoms with Crippen LogP contribution in [0.25, 0.3) is 11.0 Å². The number of nitrogens with zero attached hydrogens (tertiary/aromatic N) is 4. The molecule has 0 aliphatic carbocycles. The number of ether oxygens (including phenoxy) is 1. The lowest BCUT2D eigenvalue weighted by molar-refractivity contribution is 0.397. The summed E-state index contributed by atoms with van der Waals surface area (Å²) in [5, 5.41) is 13.7. The fourth-order valence-corrected chi connectivity index (χ4v) is 1.30. The van der Waals surface area contributed by atoms with Crippen LogP contribution < -0.4 is 4.74 Å². The Labute approximate surface area is 80.5 Å². The van der Waals surface area contributed by atoms with Gasteiger partial charge in [-0.15, -0.1) is 0 Å². The third-order valence-corrected chi connectivity index (χ3v) is 1.99. The zero-order valence-electron chi connectivity index (χ0n) is 7.85. The number of hydrogen-bond acceptors (Lipinski definition) is 4. The molecule has 0 aliphatic rings. The van der Waals surface area contributed by atoms with Crippen molar-refractivity contribution in [1.29, 1.82) is 5.26 Å². The lowest BCUT2D eigenvalue weighted by Gasteiger charge is -2.01. The molecule has 0 spiro atoms. The van der Waals surface area contributed by atoms with Crippen LogP contribution in [0.2, 0.25) is 0 Å². The predicted molar refractivity (Wildman–Crippen MR) is 49.8 cm³/mol. The molecule has 70 valence electrons. The molecule has 14 heavy (non-hydrogen) atoms. The second-order valence-electron chi connectivity index (χ2n) is 2.84. The first-order chi connectivity index (χ1) is 6.76.